The maximum atomic E-state index is 9.62. The summed E-state index contributed by atoms with van der Waals surface area (Å²) in [6.45, 7) is 5.56. The summed E-state index contributed by atoms with van der Waals surface area (Å²) in [5, 5.41) is 15.3. The van der Waals surface area contributed by atoms with Gasteiger partial charge >= 0.3 is 0 Å². The number of aliphatic hydroxyl groups excluding tert-OH is 1. The topological polar surface area (TPSA) is 32.3 Å². The number of rotatable bonds is 10. The zero-order chi connectivity index (χ0) is 13.3. The number of nitrogens with one attached hydrogen (secondary N) is 1. The van der Waals surface area contributed by atoms with Crippen molar-refractivity contribution in [2.75, 3.05) is 18.9 Å². The standard InChI is InChI=1S/C14H25NOS2/c1-3-9-15-14(4-2,12-16)8-6-11-18-13-7-5-10-17-13/h5,7,10,15-16H,3-4,6,8-9,11-12H2,1-2H3. The lowest BCUT2D eigenvalue weighted by Crippen LogP contribution is -2.48. The quantitative estimate of drug-likeness (QED) is 0.507. The first kappa shape index (κ1) is 16.0. The van der Waals surface area contributed by atoms with Gasteiger partial charge in [0.05, 0.1) is 10.8 Å². The van der Waals surface area contributed by atoms with Crippen LogP contribution in [0.5, 0.6) is 0 Å². The minimum absolute atomic E-state index is 0.0635. The predicted octanol–water partition coefficient (Wildman–Crippen LogP) is 3.76. The molecule has 4 heteroatoms. The molecular formula is C14H25NOS2. The summed E-state index contributed by atoms with van der Waals surface area (Å²) in [5.41, 5.74) is -0.0635. The van der Waals surface area contributed by atoms with Gasteiger partial charge in [0.15, 0.2) is 0 Å². The first-order valence-electron chi connectivity index (χ1n) is 6.78. The van der Waals surface area contributed by atoms with Crippen LogP contribution >= 0.6 is 23.1 Å². The smallest absolute Gasteiger partial charge is 0.0613 e. The highest BCUT2D eigenvalue weighted by molar-refractivity contribution is 8.01. The van der Waals surface area contributed by atoms with E-state index in [-0.39, 0.29) is 12.1 Å². The average Bonchev–Trinajstić information content (AvgIpc) is 2.92. The Morgan fingerprint density at radius 3 is 2.83 bits per heavy atom. The van der Waals surface area contributed by atoms with Crippen molar-refractivity contribution in [1.29, 1.82) is 0 Å². The Labute approximate surface area is 119 Å². The highest BCUT2D eigenvalue weighted by Crippen LogP contribution is 2.26. The molecule has 0 aliphatic heterocycles. The SMILES string of the molecule is CCCNC(CC)(CO)CCCSc1cccs1. The Balaban J connectivity index is 2.28. The van der Waals surface area contributed by atoms with Gasteiger partial charge in [0.25, 0.3) is 0 Å². The van der Waals surface area contributed by atoms with Gasteiger partial charge in [0, 0.05) is 5.54 Å². The Hall–Kier alpha value is -0.0300. The molecule has 104 valence electrons. The highest BCUT2D eigenvalue weighted by Gasteiger charge is 2.25. The molecule has 18 heavy (non-hydrogen) atoms. The molecule has 1 aromatic rings. The summed E-state index contributed by atoms with van der Waals surface area (Å²) in [7, 11) is 0. The Bertz CT molecular complexity index is 297. The molecule has 0 aliphatic rings. The molecule has 0 aliphatic carbocycles. The van der Waals surface area contributed by atoms with Crippen LogP contribution in [0.1, 0.15) is 39.5 Å². The van der Waals surface area contributed by atoms with E-state index in [0.717, 1.165) is 38.0 Å². The van der Waals surface area contributed by atoms with E-state index < -0.39 is 0 Å². The van der Waals surface area contributed by atoms with E-state index in [4.69, 9.17) is 0 Å². The Kier molecular flexibility index (Phi) is 7.98. The minimum atomic E-state index is -0.0635. The van der Waals surface area contributed by atoms with Crippen molar-refractivity contribution < 1.29 is 5.11 Å². The van der Waals surface area contributed by atoms with Crippen molar-refractivity contribution in [3.63, 3.8) is 0 Å². The van der Waals surface area contributed by atoms with E-state index >= 15 is 0 Å². The van der Waals surface area contributed by atoms with E-state index in [1.165, 1.54) is 4.21 Å². The number of hydrogen-bond donors (Lipinski definition) is 2. The maximum Gasteiger partial charge on any atom is 0.0613 e. The van der Waals surface area contributed by atoms with Crippen LogP contribution in [0.15, 0.2) is 21.7 Å². The van der Waals surface area contributed by atoms with Gasteiger partial charge in [-0.2, -0.15) is 0 Å². The van der Waals surface area contributed by atoms with Crippen LogP contribution in [0.25, 0.3) is 0 Å². The lowest BCUT2D eigenvalue weighted by Gasteiger charge is -2.32. The van der Waals surface area contributed by atoms with Crippen molar-refractivity contribution >= 4 is 23.1 Å². The molecule has 0 radical (unpaired) electrons. The van der Waals surface area contributed by atoms with Crippen LogP contribution in [0.4, 0.5) is 0 Å². The third-order valence-corrected chi connectivity index (χ3v) is 5.49. The Morgan fingerprint density at radius 2 is 2.28 bits per heavy atom. The molecule has 1 unspecified atom stereocenters. The van der Waals surface area contributed by atoms with Gasteiger partial charge in [-0.15, -0.1) is 23.1 Å². The zero-order valence-electron chi connectivity index (χ0n) is 11.4. The molecule has 0 saturated carbocycles. The van der Waals surface area contributed by atoms with Crippen molar-refractivity contribution in [2.24, 2.45) is 0 Å². The monoisotopic (exact) mass is 287 g/mol. The van der Waals surface area contributed by atoms with Gasteiger partial charge in [0.1, 0.15) is 0 Å². The molecule has 0 aromatic carbocycles. The number of thiophene rings is 1. The van der Waals surface area contributed by atoms with E-state index in [9.17, 15) is 5.11 Å². The lowest BCUT2D eigenvalue weighted by molar-refractivity contribution is 0.146. The van der Waals surface area contributed by atoms with Crippen molar-refractivity contribution in [3.05, 3.63) is 17.5 Å². The molecule has 0 bridgehead atoms. The second-order valence-corrected chi connectivity index (χ2v) is 6.95. The van der Waals surface area contributed by atoms with Crippen LogP contribution in [-0.4, -0.2) is 29.5 Å². The molecule has 0 fully saturated rings. The molecule has 0 spiro atoms. The molecule has 2 nitrogen and oxygen atoms in total. The molecule has 1 heterocycles. The van der Waals surface area contributed by atoms with Crippen LogP contribution < -0.4 is 5.32 Å². The Morgan fingerprint density at radius 1 is 1.44 bits per heavy atom. The number of aliphatic hydroxyl groups is 1. The van der Waals surface area contributed by atoms with Gasteiger partial charge < -0.3 is 10.4 Å². The van der Waals surface area contributed by atoms with Crippen LogP contribution in [0, 0.1) is 0 Å². The second-order valence-electron chi connectivity index (χ2n) is 4.60. The number of hydrogen-bond acceptors (Lipinski definition) is 4. The van der Waals surface area contributed by atoms with Gasteiger partial charge in [-0.25, -0.2) is 0 Å². The first-order valence-corrected chi connectivity index (χ1v) is 8.65. The summed E-state index contributed by atoms with van der Waals surface area (Å²) in [5.74, 6) is 1.13. The van der Waals surface area contributed by atoms with Crippen LogP contribution in [0.2, 0.25) is 0 Å². The summed E-state index contributed by atoms with van der Waals surface area (Å²) in [6, 6.07) is 4.27. The molecule has 1 aromatic heterocycles. The highest BCUT2D eigenvalue weighted by atomic mass is 32.2. The molecule has 0 saturated heterocycles. The van der Waals surface area contributed by atoms with E-state index in [0.29, 0.717) is 0 Å². The first-order chi connectivity index (χ1) is 8.76. The summed E-state index contributed by atoms with van der Waals surface area (Å²) >= 11 is 3.73. The summed E-state index contributed by atoms with van der Waals surface area (Å²) in [4.78, 5) is 0. The molecule has 0 amide bonds. The van der Waals surface area contributed by atoms with Crippen LogP contribution in [0.3, 0.4) is 0 Å². The maximum absolute atomic E-state index is 9.62. The van der Waals surface area contributed by atoms with Crippen molar-refractivity contribution in [2.45, 2.75) is 49.3 Å². The van der Waals surface area contributed by atoms with E-state index in [2.05, 4.69) is 36.7 Å². The minimum Gasteiger partial charge on any atom is -0.394 e. The zero-order valence-corrected chi connectivity index (χ0v) is 13.1. The fourth-order valence-corrected chi connectivity index (χ4v) is 3.76. The molecular weight excluding hydrogens is 262 g/mol. The largest absolute Gasteiger partial charge is 0.394 e. The average molecular weight is 287 g/mol. The third kappa shape index (κ3) is 5.31. The lowest BCUT2D eigenvalue weighted by atomic mass is 9.91. The fourth-order valence-electron chi connectivity index (χ4n) is 1.96. The van der Waals surface area contributed by atoms with Crippen molar-refractivity contribution in [3.8, 4) is 0 Å². The van der Waals surface area contributed by atoms with Gasteiger partial charge in [-0.05, 0) is 49.4 Å². The normalized spacial score (nSPS) is 14.6. The van der Waals surface area contributed by atoms with Gasteiger partial charge in [-0.1, -0.05) is 19.9 Å². The fraction of sp³-hybridized carbons (Fsp3) is 0.714. The molecule has 2 N–H and O–H groups in total. The van der Waals surface area contributed by atoms with Gasteiger partial charge in [0.2, 0.25) is 0 Å². The van der Waals surface area contributed by atoms with Crippen LogP contribution in [-0.2, 0) is 0 Å². The number of thioether (sulfide) groups is 1. The molecule has 1 atom stereocenters. The second kappa shape index (κ2) is 8.97. The van der Waals surface area contributed by atoms with E-state index in [1.54, 1.807) is 11.3 Å². The third-order valence-electron chi connectivity index (χ3n) is 3.27. The summed E-state index contributed by atoms with van der Waals surface area (Å²) in [6.07, 6.45) is 4.31. The van der Waals surface area contributed by atoms with E-state index in [1.807, 2.05) is 11.8 Å². The molecule has 1 rings (SSSR count). The summed E-state index contributed by atoms with van der Waals surface area (Å²) < 4.78 is 1.39. The predicted molar refractivity (Wildman–Crippen MR) is 82.7 cm³/mol. The van der Waals surface area contributed by atoms with Crippen molar-refractivity contribution in [1.82, 2.24) is 5.32 Å². The van der Waals surface area contributed by atoms with Gasteiger partial charge in [-0.3, -0.25) is 0 Å².